The molecule has 2 heteroatoms. The Hall–Kier alpha value is -0.0800. The highest BCUT2D eigenvalue weighted by Gasteiger charge is 1.99. The lowest BCUT2D eigenvalue weighted by molar-refractivity contribution is 0.239. The van der Waals surface area contributed by atoms with E-state index < -0.39 is 0 Å². The average Bonchev–Trinajstić information content (AvgIpc) is 1.91. The molecule has 0 unspecified atom stereocenters. The van der Waals surface area contributed by atoms with E-state index in [-0.39, 0.29) is 6.61 Å². The molecule has 0 aromatic heterocycles. The third-order valence-corrected chi connectivity index (χ3v) is 1.40. The minimum atomic E-state index is 0.260. The van der Waals surface area contributed by atoms with Crippen LogP contribution < -0.4 is 5.32 Å². The molecule has 1 atom stereocenters. The molecule has 0 aliphatic carbocycles. The van der Waals surface area contributed by atoms with Gasteiger partial charge in [0, 0.05) is 6.04 Å². The molecule has 0 saturated carbocycles. The SMILES string of the molecule is CCCN[C@H](CC)CO. The summed E-state index contributed by atoms with van der Waals surface area (Å²) in [7, 11) is 0. The van der Waals surface area contributed by atoms with Crippen molar-refractivity contribution in [3.05, 3.63) is 0 Å². The number of hydrogen-bond donors (Lipinski definition) is 2. The summed E-state index contributed by atoms with van der Waals surface area (Å²) in [5.74, 6) is 0. The van der Waals surface area contributed by atoms with E-state index in [0.717, 1.165) is 19.4 Å². The summed E-state index contributed by atoms with van der Waals surface area (Å²) >= 11 is 0. The second kappa shape index (κ2) is 6.05. The summed E-state index contributed by atoms with van der Waals surface area (Å²) in [5.41, 5.74) is 0. The van der Waals surface area contributed by atoms with Crippen LogP contribution in [0.3, 0.4) is 0 Å². The van der Waals surface area contributed by atoms with Crippen LogP contribution in [-0.4, -0.2) is 24.3 Å². The zero-order valence-corrected chi connectivity index (χ0v) is 6.35. The van der Waals surface area contributed by atoms with Gasteiger partial charge in [-0.05, 0) is 19.4 Å². The Morgan fingerprint density at radius 3 is 2.44 bits per heavy atom. The first-order valence-electron chi connectivity index (χ1n) is 3.69. The smallest absolute Gasteiger partial charge is 0.0584 e. The first kappa shape index (κ1) is 8.92. The molecule has 0 aromatic rings. The topological polar surface area (TPSA) is 32.3 Å². The fourth-order valence-electron chi connectivity index (χ4n) is 0.686. The van der Waals surface area contributed by atoms with Gasteiger partial charge in [0.2, 0.25) is 0 Å². The molecule has 0 bridgehead atoms. The highest BCUT2D eigenvalue weighted by Crippen LogP contribution is 1.87. The van der Waals surface area contributed by atoms with E-state index in [2.05, 4.69) is 19.2 Å². The molecule has 0 spiro atoms. The maximum absolute atomic E-state index is 8.69. The molecule has 2 N–H and O–H groups in total. The van der Waals surface area contributed by atoms with Crippen molar-refractivity contribution in [1.82, 2.24) is 5.32 Å². The molecule has 0 fully saturated rings. The van der Waals surface area contributed by atoms with Gasteiger partial charge in [0.1, 0.15) is 0 Å². The van der Waals surface area contributed by atoms with Gasteiger partial charge in [0.25, 0.3) is 0 Å². The van der Waals surface area contributed by atoms with E-state index >= 15 is 0 Å². The number of rotatable bonds is 5. The lowest BCUT2D eigenvalue weighted by Crippen LogP contribution is -2.32. The molecule has 56 valence electrons. The molecular formula is C7H17NO. The molecule has 0 aromatic carbocycles. The van der Waals surface area contributed by atoms with Crippen LogP contribution in [0.4, 0.5) is 0 Å². The normalized spacial score (nSPS) is 13.7. The van der Waals surface area contributed by atoms with Crippen molar-refractivity contribution >= 4 is 0 Å². The minimum absolute atomic E-state index is 0.260. The average molecular weight is 131 g/mol. The van der Waals surface area contributed by atoms with Crippen LogP contribution in [-0.2, 0) is 0 Å². The fourth-order valence-corrected chi connectivity index (χ4v) is 0.686. The van der Waals surface area contributed by atoms with Gasteiger partial charge in [-0.15, -0.1) is 0 Å². The van der Waals surface area contributed by atoms with Gasteiger partial charge in [-0.1, -0.05) is 13.8 Å². The Labute approximate surface area is 57.3 Å². The van der Waals surface area contributed by atoms with Crippen LogP contribution in [0.2, 0.25) is 0 Å². The largest absolute Gasteiger partial charge is 0.395 e. The van der Waals surface area contributed by atoms with Crippen LogP contribution in [0.25, 0.3) is 0 Å². The molecule has 2 nitrogen and oxygen atoms in total. The van der Waals surface area contributed by atoms with Crippen LogP contribution in [0.5, 0.6) is 0 Å². The zero-order valence-electron chi connectivity index (χ0n) is 6.35. The molecule has 9 heavy (non-hydrogen) atoms. The van der Waals surface area contributed by atoms with E-state index in [1.165, 1.54) is 0 Å². The number of nitrogens with one attached hydrogen (secondary N) is 1. The Bertz CT molecular complexity index is 52.9. The molecule has 0 rings (SSSR count). The van der Waals surface area contributed by atoms with Gasteiger partial charge in [-0.25, -0.2) is 0 Å². The number of aliphatic hydroxyl groups excluding tert-OH is 1. The molecule has 0 radical (unpaired) electrons. The zero-order chi connectivity index (χ0) is 7.11. The van der Waals surface area contributed by atoms with E-state index in [1.54, 1.807) is 0 Å². The van der Waals surface area contributed by atoms with Gasteiger partial charge in [-0.3, -0.25) is 0 Å². The fraction of sp³-hybridized carbons (Fsp3) is 1.00. The first-order chi connectivity index (χ1) is 4.35. The van der Waals surface area contributed by atoms with E-state index in [4.69, 9.17) is 5.11 Å². The van der Waals surface area contributed by atoms with Crippen LogP contribution in [0, 0.1) is 0 Å². The molecule has 0 heterocycles. The monoisotopic (exact) mass is 131 g/mol. The minimum Gasteiger partial charge on any atom is -0.395 e. The van der Waals surface area contributed by atoms with Crippen LogP contribution in [0.1, 0.15) is 26.7 Å². The maximum Gasteiger partial charge on any atom is 0.0584 e. The van der Waals surface area contributed by atoms with Crippen molar-refractivity contribution in [2.45, 2.75) is 32.7 Å². The van der Waals surface area contributed by atoms with Crippen molar-refractivity contribution in [2.75, 3.05) is 13.2 Å². The van der Waals surface area contributed by atoms with E-state index in [0.29, 0.717) is 6.04 Å². The first-order valence-corrected chi connectivity index (χ1v) is 3.69. The van der Waals surface area contributed by atoms with Crippen molar-refractivity contribution in [1.29, 1.82) is 0 Å². The molecular weight excluding hydrogens is 114 g/mol. The second-order valence-corrected chi connectivity index (χ2v) is 2.24. The summed E-state index contributed by atoms with van der Waals surface area (Å²) in [6.45, 7) is 5.47. The van der Waals surface area contributed by atoms with Gasteiger partial charge in [-0.2, -0.15) is 0 Å². The third kappa shape index (κ3) is 4.43. The lowest BCUT2D eigenvalue weighted by atomic mass is 10.2. The van der Waals surface area contributed by atoms with Crippen molar-refractivity contribution in [2.24, 2.45) is 0 Å². The summed E-state index contributed by atoms with van der Waals surface area (Å²) in [5, 5.41) is 11.9. The van der Waals surface area contributed by atoms with E-state index in [1.807, 2.05) is 0 Å². The summed E-state index contributed by atoms with van der Waals surface area (Å²) in [6.07, 6.45) is 2.15. The Morgan fingerprint density at radius 2 is 2.11 bits per heavy atom. The van der Waals surface area contributed by atoms with Crippen LogP contribution in [0.15, 0.2) is 0 Å². The quantitative estimate of drug-likeness (QED) is 0.577. The van der Waals surface area contributed by atoms with Crippen molar-refractivity contribution in [3.63, 3.8) is 0 Å². The highest BCUT2D eigenvalue weighted by atomic mass is 16.3. The maximum atomic E-state index is 8.69. The molecule has 0 aliphatic rings. The van der Waals surface area contributed by atoms with Crippen molar-refractivity contribution in [3.8, 4) is 0 Å². The number of hydrogen-bond acceptors (Lipinski definition) is 2. The van der Waals surface area contributed by atoms with Gasteiger partial charge < -0.3 is 10.4 Å². The predicted octanol–water partition coefficient (Wildman–Crippen LogP) is 0.757. The summed E-state index contributed by atoms with van der Waals surface area (Å²) < 4.78 is 0. The summed E-state index contributed by atoms with van der Waals surface area (Å²) in [6, 6.07) is 0.310. The Balaban J connectivity index is 3.09. The van der Waals surface area contributed by atoms with Gasteiger partial charge >= 0.3 is 0 Å². The van der Waals surface area contributed by atoms with Gasteiger partial charge in [0.15, 0.2) is 0 Å². The molecule has 0 amide bonds. The van der Waals surface area contributed by atoms with Crippen molar-refractivity contribution < 1.29 is 5.11 Å². The third-order valence-electron chi connectivity index (χ3n) is 1.40. The number of aliphatic hydroxyl groups is 1. The van der Waals surface area contributed by atoms with Gasteiger partial charge in [0.05, 0.1) is 6.61 Å². The highest BCUT2D eigenvalue weighted by molar-refractivity contribution is 4.60. The standard InChI is InChI=1S/C7H17NO/c1-3-5-8-7(4-2)6-9/h7-9H,3-6H2,1-2H3/t7-/m1/s1. The predicted molar refractivity (Wildman–Crippen MR) is 39.5 cm³/mol. The lowest BCUT2D eigenvalue weighted by Gasteiger charge is -2.11. The molecule has 0 saturated heterocycles. The Morgan fingerprint density at radius 1 is 1.44 bits per heavy atom. The van der Waals surface area contributed by atoms with Crippen LogP contribution >= 0.6 is 0 Å². The second-order valence-electron chi connectivity index (χ2n) is 2.24. The van der Waals surface area contributed by atoms with E-state index in [9.17, 15) is 0 Å². The Kier molecular flexibility index (Phi) is 5.99. The molecule has 0 aliphatic heterocycles. The summed E-state index contributed by atoms with van der Waals surface area (Å²) in [4.78, 5) is 0.